The van der Waals surface area contributed by atoms with Crippen molar-refractivity contribution in [3.05, 3.63) is 77.9 Å². The number of ether oxygens (including phenoxy) is 3. The Balaban J connectivity index is 1.79. The molecule has 4 aromatic rings. The van der Waals surface area contributed by atoms with Crippen LogP contribution in [0.4, 0.5) is 0 Å². The zero-order chi connectivity index (χ0) is 23.2. The Morgan fingerprint density at radius 1 is 0.879 bits per heavy atom. The van der Waals surface area contributed by atoms with Crippen molar-refractivity contribution >= 4 is 32.7 Å². The maximum absolute atomic E-state index is 13.8. The molecule has 0 atom stereocenters. The highest BCUT2D eigenvalue weighted by atomic mass is 79.9. The number of benzene rings is 3. The van der Waals surface area contributed by atoms with E-state index in [0.717, 1.165) is 22.0 Å². The molecule has 0 aliphatic rings. The smallest absolute Gasteiger partial charge is 0.197 e. The van der Waals surface area contributed by atoms with Crippen LogP contribution in [-0.2, 0) is 0 Å². The molecule has 5 nitrogen and oxygen atoms in total. The SMILES string of the molecule is CCOc1ccc(C(=O)c2c(-c3ccc(OCCBr)cc3)oc3ccccc23)cc1OCC. The van der Waals surface area contributed by atoms with Crippen molar-refractivity contribution in [2.75, 3.05) is 25.2 Å². The van der Waals surface area contributed by atoms with Crippen LogP contribution in [0.1, 0.15) is 29.8 Å². The van der Waals surface area contributed by atoms with E-state index in [0.29, 0.717) is 53.8 Å². The van der Waals surface area contributed by atoms with Crippen molar-refractivity contribution in [1.29, 1.82) is 0 Å². The van der Waals surface area contributed by atoms with Gasteiger partial charge in [-0.25, -0.2) is 0 Å². The Morgan fingerprint density at radius 3 is 2.33 bits per heavy atom. The van der Waals surface area contributed by atoms with E-state index in [1.54, 1.807) is 18.2 Å². The van der Waals surface area contributed by atoms with Gasteiger partial charge in [0.15, 0.2) is 17.3 Å². The van der Waals surface area contributed by atoms with Gasteiger partial charge in [-0.2, -0.15) is 0 Å². The van der Waals surface area contributed by atoms with Crippen molar-refractivity contribution in [1.82, 2.24) is 0 Å². The molecule has 0 aliphatic carbocycles. The summed E-state index contributed by atoms with van der Waals surface area (Å²) < 4.78 is 23.2. The van der Waals surface area contributed by atoms with Gasteiger partial charge in [0.05, 0.1) is 25.4 Å². The van der Waals surface area contributed by atoms with Gasteiger partial charge in [0.1, 0.15) is 17.1 Å². The zero-order valence-electron chi connectivity index (χ0n) is 18.6. The van der Waals surface area contributed by atoms with Crippen LogP contribution in [0.25, 0.3) is 22.3 Å². The number of furan rings is 1. The quantitative estimate of drug-likeness (QED) is 0.172. The Bertz CT molecular complexity index is 1240. The summed E-state index contributed by atoms with van der Waals surface area (Å²) in [5.74, 6) is 2.31. The predicted octanol–water partition coefficient (Wildman–Crippen LogP) is 6.90. The van der Waals surface area contributed by atoms with Crippen LogP contribution in [0.15, 0.2) is 71.1 Å². The third-order valence-electron chi connectivity index (χ3n) is 5.09. The number of hydrogen-bond donors (Lipinski definition) is 0. The van der Waals surface area contributed by atoms with E-state index in [2.05, 4.69) is 15.9 Å². The van der Waals surface area contributed by atoms with E-state index >= 15 is 0 Å². The fraction of sp³-hybridized carbons (Fsp3) is 0.222. The highest BCUT2D eigenvalue weighted by Gasteiger charge is 2.24. The van der Waals surface area contributed by atoms with Gasteiger partial charge in [-0.15, -0.1) is 0 Å². The standard InChI is InChI=1S/C27H25BrO5/c1-3-30-23-14-11-19(17-24(23)31-4-2)26(29)25-21-7-5-6-8-22(21)33-27(25)18-9-12-20(13-10-18)32-16-15-28/h5-14,17H,3-4,15-16H2,1-2H3. The topological polar surface area (TPSA) is 57.9 Å². The van der Waals surface area contributed by atoms with Gasteiger partial charge < -0.3 is 18.6 Å². The molecule has 0 saturated carbocycles. The van der Waals surface area contributed by atoms with Crippen LogP contribution in [-0.4, -0.2) is 30.9 Å². The van der Waals surface area contributed by atoms with E-state index in [1.807, 2.05) is 62.4 Å². The second-order valence-electron chi connectivity index (χ2n) is 7.22. The lowest BCUT2D eigenvalue weighted by atomic mass is 9.97. The minimum absolute atomic E-state index is 0.140. The highest BCUT2D eigenvalue weighted by molar-refractivity contribution is 9.09. The fourth-order valence-electron chi connectivity index (χ4n) is 3.67. The Hall–Kier alpha value is -3.25. The van der Waals surface area contributed by atoms with Crippen LogP contribution in [0.3, 0.4) is 0 Å². The first-order valence-electron chi connectivity index (χ1n) is 10.9. The molecule has 33 heavy (non-hydrogen) atoms. The van der Waals surface area contributed by atoms with Crippen molar-refractivity contribution in [3.8, 4) is 28.6 Å². The number of alkyl halides is 1. The van der Waals surface area contributed by atoms with Gasteiger partial charge in [0.2, 0.25) is 0 Å². The van der Waals surface area contributed by atoms with Gasteiger partial charge in [0, 0.05) is 21.8 Å². The normalized spacial score (nSPS) is 10.9. The van der Waals surface area contributed by atoms with Crippen LogP contribution in [0.2, 0.25) is 0 Å². The largest absolute Gasteiger partial charge is 0.493 e. The Kier molecular flexibility index (Phi) is 7.35. The molecular formula is C27H25BrO5. The lowest BCUT2D eigenvalue weighted by Crippen LogP contribution is -2.05. The molecular weight excluding hydrogens is 484 g/mol. The minimum Gasteiger partial charge on any atom is -0.493 e. The first kappa shape index (κ1) is 22.9. The van der Waals surface area contributed by atoms with Crippen LogP contribution in [0, 0.1) is 0 Å². The van der Waals surface area contributed by atoms with Gasteiger partial charge in [-0.3, -0.25) is 4.79 Å². The van der Waals surface area contributed by atoms with E-state index in [9.17, 15) is 4.79 Å². The van der Waals surface area contributed by atoms with Crippen LogP contribution in [0.5, 0.6) is 17.2 Å². The highest BCUT2D eigenvalue weighted by Crippen LogP contribution is 2.37. The van der Waals surface area contributed by atoms with Gasteiger partial charge >= 0.3 is 0 Å². The third-order valence-corrected chi connectivity index (χ3v) is 5.41. The van der Waals surface area contributed by atoms with Crippen LogP contribution >= 0.6 is 15.9 Å². The molecule has 170 valence electrons. The molecule has 0 N–H and O–H groups in total. The maximum Gasteiger partial charge on any atom is 0.197 e. The summed E-state index contributed by atoms with van der Waals surface area (Å²) >= 11 is 3.36. The molecule has 1 heterocycles. The summed E-state index contributed by atoms with van der Waals surface area (Å²) in [6, 6.07) is 20.4. The summed E-state index contributed by atoms with van der Waals surface area (Å²) in [6.07, 6.45) is 0. The Labute approximate surface area is 201 Å². The number of ketones is 1. The molecule has 4 rings (SSSR count). The van der Waals surface area contributed by atoms with Crippen LogP contribution < -0.4 is 14.2 Å². The average Bonchev–Trinajstić information content (AvgIpc) is 3.23. The van der Waals surface area contributed by atoms with E-state index in [4.69, 9.17) is 18.6 Å². The summed E-state index contributed by atoms with van der Waals surface area (Å²) in [5, 5.41) is 1.52. The predicted molar refractivity (Wildman–Crippen MR) is 133 cm³/mol. The lowest BCUT2D eigenvalue weighted by Gasteiger charge is -2.12. The first-order valence-corrected chi connectivity index (χ1v) is 12.0. The summed E-state index contributed by atoms with van der Waals surface area (Å²) in [7, 11) is 0. The number of carbonyl (C=O) groups is 1. The lowest BCUT2D eigenvalue weighted by molar-refractivity contribution is 0.103. The van der Waals surface area contributed by atoms with Gasteiger partial charge in [0.25, 0.3) is 0 Å². The molecule has 0 saturated heterocycles. The van der Waals surface area contributed by atoms with Gasteiger partial charge in [-0.05, 0) is 62.4 Å². The molecule has 1 aromatic heterocycles. The minimum atomic E-state index is -0.140. The third kappa shape index (κ3) is 4.91. The molecule has 0 unspecified atom stereocenters. The Morgan fingerprint density at radius 2 is 1.61 bits per heavy atom. The second-order valence-corrected chi connectivity index (χ2v) is 8.01. The van der Waals surface area contributed by atoms with E-state index in [1.165, 1.54) is 0 Å². The van der Waals surface area contributed by atoms with E-state index in [-0.39, 0.29) is 5.78 Å². The summed E-state index contributed by atoms with van der Waals surface area (Å²) in [4.78, 5) is 13.8. The zero-order valence-corrected chi connectivity index (χ0v) is 20.2. The maximum atomic E-state index is 13.8. The molecule has 3 aromatic carbocycles. The van der Waals surface area contributed by atoms with Crippen molar-refractivity contribution in [2.24, 2.45) is 0 Å². The molecule has 0 aliphatic heterocycles. The number of rotatable bonds is 10. The fourth-order valence-corrected chi connectivity index (χ4v) is 3.83. The van der Waals surface area contributed by atoms with E-state index < -0.39 is 0 Å². The molecule has 0 radical (unpaired) electrons. The summed E-state index contributed by atoms with van der Waals surface area (Å²) in [6.45, 7) is 5.38. The second kappa shape index (κ2) is 10.6. The number of halogens is 1. The number of para-hydroxylation sites is 1. The molecule has 6 heteroatoms. The number of carbonyl (C=O) groups excluding carboxylic acids is 1. The van der Waals surface area contributed by atoms with Gasteiger partial charge in [-0.1, -0.05) is 34.1 Å². The molecule has 0 amide bonds. The van der Waals surface area contributed by atoms with Crippen molar-refractivity contribution in [2.45, 2.75) is 13.8 Å². The molecule has 0 bridgehead atoms. The number of fused-ring (bicyclic) bond motifs is 1. The monoisotopic (exact) mass is 508 g/mol. The van der Waals surface area contributed by atoms with Crippen molar-refractivity contribution in [3.63, 3.8) is 0 Å². The first-order chi connectivity index (χ1) is 16.2. The van der Waals surface area contributed by atoms with Crippen molar-refractivity contribution < 1.29 is 23.4 Å². The molecule has 0 fully saturated rings. The molecule has 0 spiro atoms. The number of hydrogen-bond acceptors (Lipinski definition) is 5. The average molecular weight is 509 g/mol. The summed E-state index contributed by atoms with van der Waals surface area (Å²) in [5.41, 5.74) is 2.49.